The van der Waals surface area contributed by atoms with Gasteiger partial charge in [-0.1, -0.05) is 44.0 Å². The molecule has 0 atom stereocenters. The van der Waals surface area contributed by atoms with Crippen LogP contribution in [0.15, 0.2) is 40.6 Å². The first-order valence-electron chi connectivity index (χ1n) is 15.3. The molecule has 0 fully saturated rings. The monoisotopic (exact) mass is 847 g/mol. The first-order chi connectivity index (χ1) is 23.2. The second kappa shape index (κ2) is 21.7. The van der Waals surface area contributed by atoms with Crippen molar-refractivity contribution in [3.63, 3.8) is 0 Å². The third kappa shape index (κ3) is 15.2. The maximum Gasteiger partial charge on any atom is 1.00 e. The number of hydrogen-bond donors (Lipinski definition) is 1. The molecule has 0 unspecified atom stereocenters. The number of hydrogen-bond acceptors (Lipinski definition) is 13. The third-order valence-electron chi connectivity index (χ3n) is 7.17. The average molecular weight is 849 g/mol. The van der Waals surface area contributed by atoms with Gasteiger partial charge in [0, 0.05) is 54.8 Å². The fourth-order valence-electron chi connectivity index (χ4n) is 4.88. The van der Waals surface area contributed by atoms with Crippen LogP contribution in [-0.2, 0) is 30.4 Å². The molecule has 2 aromatic carbocycles. The minimum absolute atomic E-state index is 0. The number of aromatic nitrogens is 2. The van der Waals surface area contributed by atoms with E-state index in [0.717, 1.165) is 0 Å². The van der Waals surface area contributed by atoms with E-state index in [2.05, 4.69) is 26.7 Å². The first-order valence-corrected chi connectivity index (χ1v) is 19.2. The van der Waals surface area contributed by atoms with Gasteiger partial charge in [0.05, 0.1) is 48.8 Å². The number of nitriles is 1. The van der Waals surface area contributed by atoms with Gasteiger partial charge in [0.15, 0.2) is 5.82 Å². The minimum atomic E-state index is -4.41. The van der Waals surface area contributed by atoms with Crippen LogP contribution in [0, 0.1) is 11.3 Å². The Bertz CT molecular complexity index is 1950. The second-order valence-electron chi connectivity index (χ2n) is 12.3. The maximum absolute atomic E-state index is 12.2. The van der Waals surface area contributed by atoms with Gasteiger partial charge in [-0.25, -0.2) is 21.5 Å². The van der Waals surface area contributed by atoms with Gasteiger partial charge >= 0.3 is 103 Å². The summed E-state index contributed by atoms with van der Waals surface area (Å²) in [5, 5.41) is 26.7. The van der Waals surface area contributed by atoms with Crippen LogP contribution in [0.5, 0.6) is 5.75 Å². The Morgan fingerprint density at radius 3 is 1.96 bits per heavy atom. The molecular formula is C31H37Cl2K2N7O8S2. The van der Waals surface area contributed by atoms with Gasteiger partial charge in [-0.05, 0) is 43.9 Å². The Balaban J connectivity index is 0.00000676. The fourth-order valence-corrected chi connectivity index (χ4v) is 6.62. The predicted octanol–water partition coefficient (Wildman–Crippen LogP) is 0.196. The van der Waals surface area contributed by atoms with E-state index >= 15 is 0 Å². The Hall–Kier alpha value is -0.517. The first kappa shape index (κ1) is 49.5. The summed E-state index contributed by atoms with van der Waals surface area (Å²) >= 11 is 13.2. The van der Waals surface area contributed by atoms with E-state index in [1.54, 1.807) is 18.2 Å². The Labute approximate surface area is 399 Å². The largest absolute Gasteiger partial charge is 1.00 e. The number of halogens is 2. The van der Waals surface area contributed by atoms with E-state index < -0.39 is 43.1 Å². The van der Waals surface area contributed by atoms with Gasteiger partial charge < -0.3 is 24.1 Å². The topological polar surface area (TPSA) is 222 Å². The molecule has 0 aliphatic rings. The van der Waals surface area contributed by atoms with Crippen LogP contribution < -0.4 is 118 Å². The van der Waals surface area contributed by atoms with Crippen molar-refractivity contribution in [2.24, 2.45) is 10.2 Å². The summed E-state index contributed by atoms with van der Waals surface area (Å²) in [6, 6.07) is 10.1. The van der Waals surface area contributed by atoms with Crippen LogP contribution in [0.4, 0.5) is 22.9 Å². The Morgan fingerprint density at radius 2 is 1.52 bits per heavy atom. The molecule has 0 aliphatic heterocycles. The third-order valence-corrected chi connectivity index (χ3v) is 9.33. The molecule has 1 N–H and O–H groups in total. The summed E-state index contributed by atoms with van der Waals surface area (Å²) in [4.78, 5) is 14.1. The van der Waals surface area contributed by atoms with Crippen molar-refractivity contribution in [2.45, 2.75) is 58.8 Å². The molecule has 3 aromatic rings. The molecule has 0 spiro atoms. The number of azo groups is 1. The number of rotatable bonds is 16. The van der Waals surface area contributed by atoms with E-state index in [0.29, 0.717) is 30.0 Å². The second-order valence-corrected chi connectivity index (χ2v) is 16.1. The van der Waals surface area contributed by atoms with Gasteiger partial charge in [0.25, 0.3) is 0 Å². The summed E-state index contributed by atoms with van der Waals surface area (Å²) in [7, 11) is -7.35. The average Bonchev–Trinajstić information content (AvgIpc) is 3.36. The van der Waals surface area contributed by atoms with Gasteiger partial charge in [0.2, 0.25) is 5.91 Å². The quantitative estimate of drug-likeness (QED) is 0.0888. The van der Waals surface area contributed by atoms with E-state index in [4.69, 9.17) is 27.9 Å². The van der Waals surface area contributed by atoms with E-state index in [1.165, 1.54) is 30.8 Å². The summed E-state index contributed by atoms with van der Waals surface area (Å²) < 4.78 is 73.1. The van der Waals surface area contributed by atoms with Crippen molar-refractivity contribution < 1.29 is 138 Å². The maximum atomic E-state index is 12.2. The number of amides is 1. The van der Waals surface area contributed by atoms with Crippen LogP contribution in [0.3, 0.4) is 0 Å². The van der Waals surface area contributed by atoms with Crippen LogP contribution >= 0.6 is 23.2 Å². The van der Waals surface area contributed by atoms with Crippen molar-refractivity contribution in [1.82, 2.24) is 9.78 Å². The summed E-state index contributed by atoms with van der Waals surface area (Å²) in [6.07, 6.45) is 0.809. The van der Waals surface area contributed by atoms with E-state index in [9.17, 15) is 36.0 Å². The number of anilines is 2. The van der Waals surface area contributed by atoms with E-state index in [1.807, 2.05) is 25.7 Å². The zero-order chi connectivity index (χ0) is 37.4. The molecule has 0 saturated carbocycles. The summed E-state index contributed by atoms with van der Waals surface area (Å²) in [5.41, 5.74) is 1.13. The number of carbonyl (C=O) groups excluding carboxylic acids is 1. The molecule has 52 heavy (non-hydrogen) atoms. The summed E-state index contributed by atoms with van der Waals surface area (Å²) in [5.74, 6) is -1.10. The fraction of sp³-hybridized carbons (Fsp3) is 0.452. The van der Waals surface area contributed by atoms with Crippen LogP contribution in [0.2, 0.25) is 10.0 Å². The number of methoxy groups -OCH3 is 1. The number of benzene rings is 2. The molecule has 0 aliphatic carbocycles. The Kier molecular flexibility index (Phi) is 20.7. The van der Waals surface area contributed by atoms with Gasteiger partial charge in [-0.2, -0.15) is 10.4 Å². The van der Waals surface area contributed by atoms with Crippen molar-refractivity contribution in [1.29, 1.82) is 5.26 Å². The molecule has 1 heterocycles. The Morgan fingerprint density at radius 1 is 0.981 bits per heavy atom. The number of nitrogens with zero attached hydrogens (tertiary/aromatic N) is 6. The number of nitrogens with one attached hydrogen (secondary N) is 1. The van der Waals surface area contributed by atoms with Gasteiger partial charge in [0.1, 0.15) is 28.8 Å². The van der Waals surface area contributed by atoms with Crippen molar-refractivity contribution in [2.75, 3.05) is 41.9 Å². The molecule has 0 radical (unpaired) electrons. The normalized spacial score (nSPS) is 11.8. The molecule has 0 saturated heterocycles. The number of ether oxygens (including phenoxy) is 1. The SMILES string of the molecule is COc1cc(Cl)c(-n2nc(C(C)(C)C)c(C#N)c2N=Nc2ccc(N(CCCCS(=O)(=O)[O-])CCCCS(=O)(=O)[O-])cc2NC(C)=O)c(Cl)c1.[K+].[K+]. The zero-order valence-corrected chi connectivity index (χ0v) is 39.5. The van der Waals surface area contributed by atoms with Gasteiger partial charge in [-0.15, -0.1) is 10.2 Å². The molecule has 3 rings (SSSR count). The number of carbonyl (C=O) groups is 1. The minimum Gasteiger partial charge on any atom is -0.748 e. The van der Waals surface area contributed by atoms with E-state index in [-0.39, 0.29) is 167 Å². The molecule has 1 aromatic heterocycles. The van der Waals surface area contributed by atoms with Crippen LogP contribution in [-0.4, -0.2) is 73.3 Å². The molecule has 21 heteroatoms. The molecule has 15 nitrogen and oxygen atoms in total. The van der Waals surface area contributed by atoms with Gasteiger partial charge in [-0.3, -0.25) is 4.79 Å². The van der Waals surface area contributed by atoms with Crippen molar-refractivity contribution in [3.05, 3.63) is 51.6 Å². The van der Waals surface area contributed by atoms with Crippen LogP contribution in [0.25, 0.3) is 5.69 Å². The van der Waals surface area contributed by atoms with Crippen molar-refractivity contribution in [3.8, 4) is 17.5 Å². The molecule has 1 amide bonds. The standard InChI is InChI=1S/C31H39Cl2N7O8S2.2K/c1-20(41)35-27-16-21(39(12-6-8-14-49(42,43)44)13-7-9-15-50(45,46)47)10-11-26(27)36-37-30-23(19-34)29(31(2,3)4)38-40(30)28-24(32)17-22(48-5)18-25(28)33;;/h10-11,16-18H,6-9,12-15H2,1-5H3,(H,35,41)(H,42,43,44)(H,45,46,47);;/q;2*+1/p-2. The molecule has 0 bridgehead atoms. The van der Waals surface area contributed by atoms with Crippen LogP contribution in [0.1, 0.15) is 64.6 Å². The van der Waals surface area contributed by atoms with Crippen molar-refractivity contribution >= 4 is 72.2 Å². The zero-order valence-electron chi connectivity index (χ0n) is 30.1. The summed E-state index contributed by atoms with van der Waals surface area (Å²) in [6.45, 7) is 7.48. The molecular weight excluding hydrogens is 812 g/mol. The number of unbranched alkanes of at least 4 members (excludes halogenated alkanes) is 2. The predicted molar refractivity (Wildman–Crippen MR) is 188 cm³/mol. The molecule has 272 valence electrons. The smallest absolute Gasteiger partial charge is 0.748 e.